The number of nitrogens with zero attached hydrogens (tertiary/aromatic N) is 2. The first-order valence-corrected chi connectivity index (χ1v) is 6.83. The van der Waals surface area contributed by atoms with Crippen LogP contribution in [0.3, 0.4) is 0 Å². The summed E-state index contributed by atoms with van der Waals surface area (Å²) >= 11 is 0. The van der Waals surface area contributed by atoms with Crippen molar-refractivity contribution in [2.24, 2.45) is 5.92 Å². The molecule has 1 aromatic rings. The van der Waals surface area contributed by atoms with Crippen molar-refractivity contribution in [1.82, 2.24) is 9.88 Å². The van der Waals surface area contributed by atoms with Crippen molar-refractivity contribution >= 4 is 17.4 Å². The number of carbonyl (C=O) groups is 1. The zero-order valence-corrected chi connectivity index (χ0v) is 11.4. The van der Waals surface area contributed by atoms with Gasteiger partial charge in [0.05, 0.1) is 11.9 Å². The molecular formula is C14H22N4O. The number of likely N-dealkylation sites (tertiary alicyclic amines) is 1. The average Bonchev–Trinajstić information content (AvgIpc) is 2.39. The lowest BCUT2D eigenvalue weighted by molar-refractivity contribution is -0.116. The maximum atomic E-state index is 11.8. The molecule has 1 aromatic heterocycles. The predicted molar refractivity (Wildman–Crippen MR) is 76.7 cm³/mol. The van der Waals surface area contributed by atoms with Crippen LogP contribution in [-0.2, 0) is 4.79 Å². The van der Waals surface area contributed by atoms with E-state index in [0.29, 0.717) is 23.8 Å². The van der Waals surface area contributed by atoms with Gasteiger partial charge >= 0.3 is 0 Å². The molecule has 2 heterocycles. The van der Waals surface area contributed by atoms with Gasteiger partial charge < -0.3 is 16.0 Å². The van der Waals surface area contributed by atoms with Gasteiger partial charge in [-0.3, -0.25) is 4.79 Å². The number of nitrogens with two attached hydrogens (primary N) is 1. The number of aromatic nitrogens is 1. The molecule has 0 aromatic carbocycles. The molecule has 5 heteroatoms. The molecule has 104 valence electrons. The molecule has 2 rings (SSSR count). The van der Waals surface area contributed by atoms with Gasteiger partial charge in [0.2, 0.25) is 5.91 Å². The SMILES string of the molecule is CN1CCCC(CCC(=O)Nc2ccc(N)nc2)C1. The Labute approximate surface area is 114 Å². The Kier molecular flexibility index (Phi) is 4.74. The first kappa shape index (κ1) is 13.8. The second-order valence-electron chi connectivity index (χ2n) is 5.33. The fraction of sp³-hybridized carbons (Fsp3) is 0.571. The summed E-state index contributed by atoms with van der Waals surface area (Å²) in [6, 6.07) is 3.46. The lowest BCUT2D eigenvalue weighted by Gasteiger charge is -2.29. The monoisotopic (exact) mass is 262 g/mol. The van der Waals surface area contributed by atoms with E-state index in [1.54, 1.807) is 18.3 Å². The smallest absolute Gasteiger partial charge is 0.224 e. The van der Waals surface area contributed by atoms with Gasteiger partial charge in [0, 0.05) is 13.0 Å². The molecule has 1 amide bonds. The predicted octanol–water partition coefficient (Wildman–Crippen LogP) is 1.72. The summed E-state index contributed by atoms with van der Waals surface area (Å²) in [4.78, 5) is 18.1. The van der Waals surface area contributed by atoms with Crippen LogP contribution in [-0.4, -0.2) is 35.9 Å². The van der Waals surface area contributed by atoms with E-state index >= 15 is 0 Å². The summed E-state index contributed by atoms with van der Waals surface area (Å²) in [7, 11) is 2.15. The van der Waals surface area contributed by atoms with Gasteiger partial charge in [-0.25, -0.2) is 4.98 Å². The van der Waals surface area contributed by atoms with Crippen LogP contribution < -0.4 is 11.1 Å². The molecule has 1 fully saturated rings. The standard InChI is InChI=1S/C14H22N4O/c1-18-8-2-3-11(10-18)4-7-14(19)17-12-5-6-13(15)16-9-12/h5-6,9,11H,2-4,7-8,10H2,1H3,(H2,15,16)(H,17,19). The summed E-state index contributed by atoms with van der Waals surface area (Å²) < 4.78 is 0. The van der Waals surface area contributed by atoms with Crippen LogP contribution in [0.4, 0.5) is 11.5 Å². The van der Waals surface area contributed by atoms with Gasteiger partial charge in [-0.2, -0.15) is 0 Å². The highest BCUT2D eigenvalue weighted by Gasteiger charge is 2.17. The quantitative estimate of drug-likeness (QED) is 0.866. The lowest BCUT2D eigenvalue weighted by Crippen LogP contribution is -2.32. The van der Waals surface area contributed by atoms with Crippen LogP contribution in [0.15, 0.2) is 18.3 Å². The molecule has 0 spiro atoms. The Morgan fingerprint density at radius 2 is 2.42 bits per heavy atom. The topological polar surface area (TPSA) is 71.2 Å². The van der Waals surface area contributed by atoms with Gasteiger partial charge in [0.1, 0.15) is 5.82 Å². The number of piperidine rings is 1. The minimum absolute atomic E-state index is 0.0554. The van der Waals surface area contributed by atoms with Crippen LogP contribution >= 0.6 is 0 Å². The maximum absolute atomic E-state index is 11.8. The third kappa shape index (κ3) is 4.52. The van der Waals surface area contributed by atoms with E-state index in [2.05, 4.69) is 22.2 Å². The van der Waals surface area contributed by atoms with E-state index in [1.807, 2.05) is 0 Å². The zero-order valence-electron chi connectivity index (χ0n) is 11.4. The summed E-state index contributed by atoms with van der Waals surface area (Å²) in [6.45, 7) is 2.29. The van der Waals surface area contributed by atoms with Crippen LogP contribution in [0.5, 0.6) is 0 Å². The van der Waals surface area contributed by atoms with Crippen LogP contribution in [0.25, 0.3) is 0 Å². The Bertz CT molecular complexity index is 418. The third-order valence-corrected chi connectivity index (χ3v) is 3.57. The summed E-state index contributed by atoms with van der Waals surface area (Å²) in [5.41, 5.74) is 6.21. The molecule has 1 unspecified atom stereocenters. The van der Waals surface area contributed by atoms with E-state index in [9.17, 15) is 4.79 Å². The first-order chi connectivity index (χ1) is 9.13. The van der Waals surface area contributed by atoms with E-state index in [-0.39, 0.29) is 5.91 Å². The number of rotatable bonds is 4. The number of hydrogen-bond acceptors (Lipinski definition) is 4. The van der Waals surface area contributed by atoms with Gasteiger partial charge in [0.15, 0.2) is 0 Å². The Balaban J connectivity index is 1.73. The molecule has 5 nitrogen and oxygen atoms in total. The summed E-state index contributed by atoms with van der Waals surface area (Å²) in [5, 5.41) is 2.85. The number of carbonyl (C=O) groups excluding carboxylic acids is 1. The average molecular weight is 262 g/mol. The van der Waals surface area contributed by atoms with Crippen molar-refractivity contribution in [2.45, 2.75) is 25.7 Å². The van der Waals surface area contributed by atoms with Crippen molar-refractivity contribution in [3.63, 3.8) is 0 Å². The molecule has 0 radical (unpaired) electrons. The second-order valence-corrected chi connectivity index (χ2v) is 5.33. The fourth-order valence-electron chi connectivity index (χ4n) is 2.55. The van der Waals surface area contributed by atoms with Crippen molar-refractivity contribution < 1.29 is 4.79 Å². The third-order valence-electron chi connectivity index (χ3n) is 3.57. The van der Waals surface area contributed by atoms with Crippen molar-refractivity contribution in [1.29, 1.82) is 0 Å². The number of amides is 1. The van der Waals surface area contributed by atoms with E-state index in [1.165, 1.54) is 19.4 Å². The van der Waals surface area contributed by atoms with Crippen molar-refractivity contribution in [2.75, 3.05) is 31.2 Å². The van der Waals surface area contributed by atoms with Crippen LogP contribution in [0.2, 0.25) is 0 Å². The number of anilines is 2. The Hall–Kier alpha value is -1.62. The van der Waals surface area contributed by atoms with Gasteiger partial charge in [-0.1, -0.05) is 0 Å². The minimum atomic E-state index is 0.0554. The molecule has 0 aliphatic carbocycles. The van der Waals surface area contributed by atoms with Crippen molar-refractivity contribution in [3.8, 4) is 0 Å². The number of pyridine rings is 1. The van der Waals surface area contributed by atoms with Crippen molar-refractivity contribution in [3.05, 3.63) is 18.3 Å². The highest BCUT2D eigenvalue weighted by Crippen LogP contribution is 2.20. The van der Waals surface area contributed by atoms with Crippen LogP contribution in [0.1, 0.15) is 25.7 Å². The van der Waals surface area contributed by atoms with E-state index in [4.69, 9.17) is 5.73 Å². The Morgan fingerprint density at radius 1 is 1.58 bits per heavy atom. The molecule has 3 N–H and O–H groups in total. The first-order valence-electron chi connectivity index (χ1n) is 6.83. The van der Waals surface area contributed by atoms with Gasteiger partial charge in [-0.05, 0) is 50.9 Å². The molecule has 1 aliphatic heterocycles. The molecule has 0 saturated carbocycles. The zero-order chi connectivity index (χ0) is 13.7. The molecule has 1 atom stereocenters. The summed E-state index contributed by atoms with van der Waals surface area (Å²) in [6.07, 6.45) is 5.59. The fourth-order valence-corrected chi connectivity index (χ4v) is 2.55. The number of hydrogen-bond donors (Lipinski definition) is 2. The minimum Gasteiger partial charge on any atom is -0.384 e. The highest BCUT2D eigenvalue weighted by molar-refractivity contribution is 5.90. The molecule has 1 saturated heterocycles. The number of nitrogen functional groups attached to an aromatic ring is 1. The normalized spacial score (nSPS) is 20.2. The van der Waals surface area contributed by atoms with Gasteiger partial charge in [0.25, 0.3) is 0 Å². The number of nitrogens with one attached hydrogen (secondary N) is 1. The second kappa shape index (κ2) is 6.52. The van der Waals surface area contributed by atoms with E-state index in [0.717, 1.165) is 13.0 Å². The van der Waals surface area contributed by atoms with Crippen LogP contribution in [0, 0.1) is 5.92 Å². The Morgan fingerprint density at radius 3 is 3.11 bits per heavy atom. The molecule has 1 aliphatic rings. The van der Waals surface area contributed by atoms with Gasteiger partial charge in [-0.15, -0.1) is 0 Å². The molecule has 19 heavy (non-hydrogen) atoms. The lowest BCUT2D eigenvalue weighted by atomic mass is 9.93. The summed E-state index contributed by atoms with van der Waals surface area (Å²) in [5.74, 6) is 1.16. The molecular weight excluding hydrogens is 240 g/mol. The molecule has 0 bridgehead atoms. The largest absolute Gasteiger partial charge is 0.384 e. The maximum Gasteiger partial charge on any atom is 0.224 e. The highest BCUT2D eigenvalue weighted by atomic mass is 16.1. The van der Waals surface area contributed by atoms with E-state index < -0.39 is 0 Å².